The molecule has 0 spiro atoms. The maximum Gasteiger partial charge on any atom is 0.316 e. The van der Waals surface area contributed by atoms with Crippen LogP contribution in [-0.4, -0.2) is 17.0 Å². The number of carboxylic acids is 1. The van der Waals surface area contributed by atoms with Gasteiger partial charge in [-0.3, -0.25) is 9.59 Å². The Balaban J connectivity index is 2.31. The maximum absolute atomic E-state index is 11.9. The highest BCUT2D eigenvalue weighted by Crippen LogP contribution is 2.23. The zero-order valence-corrected chi connectivity index (χ0v) is 10.6. The van der Waals surface area contributed by atoms with E-state index in [0.717, 1.165) is 10.8 Å². The largest absolute Gasteiger partial charge is 0.481 e. The second-order valence-electron chi connectivity index (χ2n) is 4.32. The van der Waals surface area contributed by atoms with Crippen molar-refractivity contribution in [3.05, 3.63) is 42.5 Å². The molecule has 0 bridgehead atoms. The molecule has 0 aliphatic carbocycles. The molecule has 1 amide bonds. The van der Waals surface area contributed by atoms with Crippen LogP contribution in [0.5, 0.6) is 0 Å². The van der Waals surface area contributed by atoms with Crippen LogP contribution in [0.25, 0.3) is 10.8 Å². The van der Waals surface area contributed by atoms with Gasteiger partial charge in [0.2, 0.25) is 5.91 Å². The molecule has 2 aromatic rings. The van der Waals surface area contributed by atoms with Gasteiger partial charge in [0.05, 0.1) is 0 Å². The number of aliphatic carboxylic acids is 1. The lowest BCUT2D eigenvalue weighted by Crippen LogP contribution is -2.28. The van der Waals surface area contributed by atoms with E-state index < -0.39 is 17.8 Å². The van der Waals surface area contributed by atoms with Gasteiger partial charge in [-0.25, -0.2) is 0 Å². The summed E-state index contributed by atoms with van der Waals surface area (Å²) in [6.07, 6.45) is 0.270. The SMILES string of the molecule is CCC(C(=O)O)C(=O)Nc1cccc2ccccc12. The van der Waals surface area contributed by atoms with Gasteiger partial charge in [0.1, 0.15) is 5.92 Å². The number of amides is 1. The molecule has 4 nitrogen and oxygen atoms in total. The van der Waals surface area contributed by atoms with Gasteiger partial charge in [0.25, 0.3) is 0 Å². The number of hydrogen-bond donors (Lipinski definition) is 2. The third kappa shape index (κ3) is 2.73. The second kappa shape index (κ2) is 5.52. The summed E-state index contributed by atoms with van der Waals surface area (Å²) in [5.74, 6) is -2.59. The predicted molar refractivity (Wildman–Crippen MR) is 74.0 cm³/mol. The molecule has 1 atom stereocenters. The van der Waals surface area contributed by atoms with Gasteiger partial charge < -0.3 is 10.4 Å². The van der Waals surface area contributed by atoms with Crippen molar-refractivity contribution in [1.82, 2.24) is 0 Å². The first-order valence-corrected chi connectivity index (χ1v) is 6.15. The lowest BCUT2D eigenvalue weighted by molar-refractivity contribution is -0.145. The van der Waals surface area contributed by atoms with Crippen LogP contribution >= 0.6 is 0 Å². The fraction of sp³-hybridized carbons (Fsp3) is 0.200. The van der Waals surface area contributed by atoms with Crippen molar-refractivity contribution < 1.29 is 14.7 Å². The number of rotatable bonds is 4. The Hall–Kier alpha value is -2.36. The maximum atomic E-state index is 11.9. The van der Waals surface area contributed by atoms with E-state index in [0.29, 0.717) is 5.69 Å². The summed E-state index contributed by atoms with van der Waals surface area (Å²) < 4.78 is 0. The highest BCUT2D eigenvalue weighted by atomic mass is 16.4. The van der Waals surface area contributed by atoms with Gasteiger partial charge in [-0.1, -0.05) is 43.3 Å². The van der Waals surface area contributed by atoms with Crippen molar-refractivity contribution in [1.29, 1.82) is 0 Å². The fourth-order valence-electron chi connectivity index (χ4n) is 2.03. The van der Waals surface area contributed by atoms with E-state index in [9.17, 15) is 9.59 Å². The lowest BCUT2D eigenvalue weighted by atomic mass is 10.0. The molecule has 0 radical (unpaired) electrons. The van der Waals surface area contributed by atoms with Gasteiger partial charge in [-0.05, 0) is 17.9 Å². The average Bonchev–Trinajstić information content (AvgIpc) is 2.39. The highest BCUT2D eigenvalue weighted by Gasteiger charge is 2.24. The van der Waals surface area contributed by atoms with Crippen LogP contribution in [0, 0.1) is 5.92 Å². The van der Waals surface area contributed by atoms with Gasteiger partial charge in [-0.2, -0.15) is 0 Å². The normalized spacial score (nSPS) is 12.1. The van der Waals surface area contributed by atoms with Gasteiger partial charge in [-0.15, -0.1) is 0 Å². The Kier molecular flexibility index (Phi) is 3.80. The Bertz CT molecular complexity index is 616. The predicted octanol–water partition coefficient (Wildman–Crippen LogP) is 2.89. The van der Waals surface area contributed by atoms with Crippen LogP contribution in [0.15, 0.2) is 42.5 Å². The standard InChI is InChI=1S/C15H15NO3/c1-2-11(15(18)19)14(17)16-13-9-5-7-10-6-3-4-8-12(10)13/h3-9,11H,2H2,1H3,(H,16,17)(H,18,19). The summed E-state index contributed by atoms with van der Waals surface area (Å²) in [6.45, 7) is 1.68. The van der Waals surface area contributed by atoms with Crippen molar-refractivity contribution in [2.24, 2.45) is 5.92 Å². The van der Waals surface area contributed by atoms with E-state index >= 15 is 0 Å². The zero-order chi connectivity index (χ0) is 13.8. The van der Waals surface area contributed by atoms with Gasteiger partial charge in [0.15, 0.2) is 0 Å². The number of carbonyl (C=O) groups excluding carboxylic acids is 1. The number of benzene rings is 2. The van der Waals surface area contributed by atoms with Crippen LogP contribution in [0.4, 0.5) is 5.69 Å². The molecule has 2 aromatic carbocycles. The lowest BCUT2D eigenvalue weighted by Gasteiger charge is -2.12. The number of hydrogen-bond acceptors (Lipinski definition) is 2. The smallest absolute Gasteiger partial charge is 0.316 e. The van der Waals surface area contributed by atoms with Crippen LogP contribution in [0.3, 0.4) is 0 Å². The zero-order valence-electron chi connectivity index (χ0n) is 10.6. The number of anilines is 1. The summed E-state index contributed by atoms with van der Waals surface area (Å²) in [7, 11) is 0. The highest BCUT2D eigenvalue weighted by molar-refractivity contribution is 6.08. The molecule has 0 saturated heterocycles. The first-order valence-electron chi connectivity index (χ1n) is 6.15. The number of carbonyl (C=O) groups is 2. The molecule has 0 aromatic heterocycles. The topological polar surface area (TPSA) is 66.4 Å². The van der Waals surface area contributed by atoms with E-state index in [2.05, 4.69) is 5.32 Å². The molecule has 2 rings (SSSR count). The van der Waals surface area contributed by atoms with Crippen LogP contribution < -0.4 is 5.32 Å². The Morgan fingerprint density at radius 3 is 2.53 bits per heavy atom. The minimum absolute atomic E-state index is 0.270. The minimum Gasteiger partial charge on any atom is -0.481 e. The molecule has 0 aliphatic rings. The Labute approximate surface area is 111 Å². The van der Waals surface area contributed by atoms with E-state index in [-0.39, 0.29) is 6.42 Å². The second-order valence-corrected chi connectivity index (χ2v) is 4.32. The summed E-state index contributed by atoms with van der Waals surface area (Å²) in [5, 5.41) is 13.6. The Morgan fingerprint density at radius 1 is 1.16 bits per heavy atom. The molecular formula is C15H15NO3. The number of nitrogens with one attached hydrogen (secondary N) is 1. The molecule has 0 heterocycles. The van der Waals surface area contributed by atoms with E-state index in [4.69, 9.17) is 5.11 Å². The average molecular weight is 257 g/mol. The molecule has 1 unspecified atom stereocenters. The first-order chi connectivity index (χ1) is 9.13. The van der Waals surface area contributed by atoms with Crippen LogP contribution in [0.1, 0.15) is 13.3 Å². The Morgan fingerprint density at radius 2 is 1.84 bits per heavy atom. The van der Waals surface area contributed by atoms with E-state index in [1.54, 1.807) is 13.0 Å². The molecule has 0 fully saturated rings. The van der Waals surface area contributed by atoms with Crippen molar-refractivity contribution >= 4 is 28.3 Å². The summed E-state index contributed by atoms with van der Waals surface area (Å²) in [4.78, 5) is 22.9. The summed E-state index contributed by atoms with van der Waals surface area (Å²) in [5.41, 5.74) is 0.641. The first kappa shape index (κ1) is 13.1. The number of fused-ring (bicyclic) bond motifs is 1. The van der Waals surface area contributed by atoms with Crippen molar-refractivity contribution in [3.8, 4) is 0 Å². The third-order valence-corrected chi connectivity index (χ3v) is 3.07. The van der Waals surface area contributed by atoms with Crippen LogP contribution in [0.2, 0.25) is 0 Å². The molecule has 0 aliphatic heterocycles. The van der Waals surface area contributed by atoms with E-state index in [1.807, 2.05) is 36.4 Å². The molecule has 2 N–H and O–H groups in total. The van der Waals surface area contributed by atoms with Crippen molar-refractivity contribution in [2.45, 2.75) is 13.3 Å². The van der Waals surface area contributed by atoms with Crippen LogP contribution in [-0.2, 0) is 9.59 Å². The molecular weight excluding hydrogens is 242 g/mol. The quantitative estimate of drug-likeness (QED) is 0.828. The fourth-order valence-corrected chi connectivity index (χ4v) is 2.03. The summed E-state index contributed by atoms with van der Waals surface area (Å²) in [6, 6.07) is 13.2. The third-order valence-electron chi connectivity index (χ3n) is 3.07. The van der Waals surface area contributed by atoms with Crippen molar-refractivity contribution in [2.75, 3.05) is 5.32 Å². The molecule has 19 heavy (non-hydrogen) atoms. The van der Waals surface area contributed by atoms with Gasteiger partial charge >= 0.3 is 5.97 Å². The van der Waals surface area contributed by atoms with Gasteiger partial charge in [0, 0.05) is 11.1 Å². The molecule has 4 heteroatoms. The molecule has 0 saturated carbocycles. The van der Waals surface area contributed by atoms with Crippen molar-refractivity contribution in [3.63, 3.8) is 0 Å². The number of carboxylic acid groups (broad SMARTS) is 1. The summed E-state index contributed by atoms with van der Waals surface area (Å²) >= 11 is 0. The minimum atomic E-state index is -1.10. The molecule has 98 valence electrons. The monoisotopic (exact) mass is 257 g/mol. The van der Waals surface area contributed by atoms with E-state index in [1.165, 1.54) is 0 Å².